The van der Waals surface area contributed by atoms with Gasteiger partial charge >= 0.3 is 13.8 Å². The van der Waals surface area contributed by atoms with Gasteiger partial charge in [-0.2, -0.15) is 23.5 Å². The molecule has 2 fully saturated rings. The molecule has 1 aromatic heterocycles. The van der Waals surface area contributed by atoms with E-state index in [2.05, 4.69) is 21.6 Å². The third-order valence-electron chi connectivity index (χ3n) is 7.04. The Kier molecular flexibility index (Phi) is 11.2. The highest BCUT2D eigenvalue weighted by Crippen LogP contribution is 2.47. The first kappa shape index (κ1) is 31.6. The molecule has 1 aliphatic carbocycles. The molecule has 0 atom stereocenters. The summed E-state index contributed by atoms with van der Waals surface area (Å²) in [7, 11) is -3.31. The van der Waals surface area contributed by atoms with Crippen molar-refractivity contribution in [3.63, 3.8) is 0 Å². The minimum Gasteiger partial charge on any atom is -0.365 e. The summed E-state index contributed by atoms with van der Waals surface area (Å²) in [4.78, 5) is 13.2. The fraction of sp³-hybridized carbons (Fsp3) is 0.577. The SMILES string of the molecule is CCOP(=O)(OCC)c1ccc(Nc2[nH]ncc2C(N)=O)cc1.N#CCC1CCC(N2CC(C(F)(F)F)C2)CC1. The van der Waals surface area contributed by atoms with Crippen LogP contribution in [0.4, 0.5) is 24.7 Å². The minimum absolute atomic E-state index is 0.178. The van der Waals surface area contributed by atoms with Gasteiger partial charge in [0.1, 0.15) is 11.4 Å². The number of aromatic nitrogens is 2. The normalized spacial score (nSPS) is 20.1. The van der Waals surface area contributed by atoms with Crippen molar-refractivity contribution in [2.45, 2.75) is 58.2 Å². The molecule has 0 unspecified atom stereocenters. The van der Waals surface area contributed by atoms with Crippen LogP contribution in [0.3, 0.4) is 0 Å². The van der Waals surface area contributed by atoms with Gasteiger partial charge in [0, 0.05) is 31.2 Å². The van der Waals surface area contributed by atoms with Gasteiger partial charge in [0.25, 0.3) is 5.91 Å². The van der Waals surface area contributed by atoms with E-state index >= 15 is 0 Å². The fourth-order valence-corrected chi connectivity index (χ4v) is 6.39. The van der Waals surface area contributed by atoms with Crippen molar-refractivity contribution in [3.8, 4) is 6.07 Å². The Morgan fingerprint density at radius 1 is 1.18 bits per heavy atom. The molecule has 1 aliphatic heterocycles. The average Bonchev–Trinajstić information content (AvgIpc) is 3.33. The number of nitriles is 1. The molecule has 14 heteroatoms. The zero-order chi connectivity index (χ0) is 29.3. The molecule has 2 aliphatic rings. The van der Waals surface area contributed by atoms with Crippen molar-refractivity contribution in [1.29, 1.82) is 5.26 Å². The van der Waals surface area contributed by atoms with E-state index in [1.165, 1.54) is 6.20 Å². The first-order chi connectivity index (χ1) is 19.0. The number of nitrogens with two attached hydrogens (primary N) is 1. The van der Waals surface area contributed by atoms with E-state index in [0.29, 0.717) is 35.2 Å². The van der Waals surface area contributed by atoms with E-state index < -0.39 is 25.6 Å². The molecular formula is C26H36F3N6O4P. The summed E-state index contributed by atoms with van der Waals surface area (Å²) in [5, 5.41) is 18.5. The first-order valence-corrected chi connectivity index (χ1v) is 14.8. The Morgan fingerprint density at radius 2 is 1.77 bits per heavy atom. The van der Waals surface area contributed by atoms with Crippen LogP contribution in [-0.2, 0) is 13.6 Å². The van der Waals surface area contributed by atoms with Crippen LogP contribution >= 0.6 is 7.60 Å². The number of carbonyl (C=O) groups is 1. The summed E-state index contributed by atoms with van der Waals surface area (Å²) in [5.74, 6) is -0.839. The maximum absolute atomic E-state index is 12.6. The van der Waals surface area contributed by atoms with E-state index in [9.17, 15) is 22.5 Å². The van der Waals surface area contributed by atoms with Crippen molar-refractivity contribution in [2.24, 2.45) is 17.6 Å². The molecule has 1 saturated carbocycles. The van der Waals surface area contributed by atoms with Crippen LogP contribution in [0.1, 0.15) is 56.3 Å². The van der Waals surface area contributed by atoms with E-state index in [1.54, 1.807) is 38.1 Å². The summed E-state index contributed by atoms with van der Waals surface area (Å²) in [5.41, 5.74) is 6.17. The predicted octanol–water partition coefficient (Wildman–Crippen LogP) is 5.10. The highest BCUT2D eigenvalue weighted by Gasteiger charge is 2.48. The Bertz CT molecular complexity index is 1180. The van der Waals surface area contributed by atoms with E-state index in [4.69, 9.17) is 20.0 Å². The van der Waals surface area contributed by atoms with Crippen molar-refractivity contribution in [2.75, 3.05) is 31.6 Å². The average molecular weight is 585 g/mol. The summed E-state index contributed by atoms with van der Waals surface area (Å²) >= 11 is 0. The second-order valence-electron chi connectivity index (χ2n) is 9.76. The molecule has 4 N–H and O–H groups in total. The monoisotopic (exact) mass is 584 g/mol. The number of H-pyrrole nitrogens is 1. The molecule has 220 valence electrons. The highest BCUT2D eigenvalue weighted by atomic mass is 31.2. The number of aromatic amines is 1. The summed E-state index contributed by atoms with van der Waals surface area (Å²) in [6, 6.07) is 9.19. The van der Waals surface area contributed by atoms with Crippen molar-refractivity contribution < 1.29 is 31.6 Å². The van der Waals surface area contributed by atoms with Gasteiger partial charge in [-0.3, -0.25) is 19.4 Å². The number of likely N-dealkylation sites (tertiary alicyclic amines) is 1. The molecule has 1 amide bonds. The van der Waals surface area contributed by atoms with Gasteiger partial charge in [-0.05, 0) is 69.7 Å². The maximum atomic E-state index is 12.6. The Balaban J connectivity index is 0.000000230. The quantitative estimate of drug-likeness (QED) is 0.327. The van der Waals surface area contributed by atoms with Crippen LogP contribution in [0.15, 0.2) is 30.5 Å². The van der Waals surface area contributed by atoms with E-state index in [-0.39, 0.29) is 31.9 Å². The third kappa shape index (κ3) is 8.30. The van der Waals surface area contributed by atoms with Crippen molar-refractivity contribution in [1.82, 2.24) is 15.1 Å². The molecule has 4 rings (SSSR count). The third-order valence-corrected chi connectivity index (χ3v) is 9.17. The molecular weight excluding hydrogens is 548 g/mol. The summed E-state index contributed by atoms with van der Waals surface area (Å²) in [6.45, 7) is 4.44. The van der Waals surface area contributed by atoms with Gasteiger partial charge in [-0.1, -0.05) is 0 Å². The topological polar surface area (TPSA) is 146 Å². The number of primary amides is 1. The number of nitrogens with one attached hydrogen (secondary N) is 2. The van der Waals surface area contributed by atoms with Crippen LogP contribution in [0.5, 0.6) is 0 Å². The van der Waals surface area contributed by atoms with Gasteiger partial charge in [0.05, 0.1) is 36.7 Å². The van der Waals surface area contributed by atoms with Gasteiger partial charge in [-0.25, -0.2) is 0 Å². The molecule has 0 spiro atoms. The molecule has 1 saturated heterocycles. The number of carbonyl (C=O) groups excluding carboxylic acids is 1. The lowest BCUT2D eigenvalue weighted by atomic mass is 9.82. The number of alkyl halides is 3. The van der Waals surface area contributed by atoms with Gasteiger partial charge in [0.15, 0.2) is 0 Å². The number of hydrogen-bond donors (Lipinski definition) is 3. The van der Waals surface area contributed by atoms with Crippen LogP contribution in [0.2, 0.25) is 0 Å². The van der Waals surface area contributed by atoms with Crippen molar-refractivity contribution >= 4 is 30.3 Å². The fourth-order valence-electron chi connectivity index (χ4n) is 4.83. The number of benzene rings is 1. The molecule has 1 aromatic carbocycles. The predicted molar refractivity (Wildman–Crippen MR) is 144 cm³/mol. The van der Waals surface area contributed by atoms with E-state index in [1.807, 2.05) is 4.90 Å². The number of hydrogen-bond acceptors (Lipinski definition) is 8. The van der Waals surface area contributed by atoms with Crippen LogP contribution in [0, 0.1) is 23.2 Å². The van der Waals surface area contributed by atoms with Gasteiger partial charge in [-0.15, -0.1) is 0 Å². The maximum Gasteiger partial charge on any atom is 0.394 e. The van der Waals surface area contributed by atoms with Crippen LogP contribution in [0.25, 0.3) is 0 Å². The second-order valence-corrected chi connectivity index (χ2v) is 11.8. The minimum atomic E-state index is -4.02. The molecule has 2 heterocycles. The largest absolute Gasteiger partial charge is 0.394 e. The molecule has 40 heavy (non-hydrogen) atoms. The van der Waals surface area contributed by atoms with Gasteiger partial charge in [0.2, 0.25) is 0 Å². The van der Waals surface area contributed by atoms with Crippen molar-refractivity contribution in [3.05, 3.63) is 36.0 Å². The number of rotatable bonds is 10. The Morgan fingerprint density at radius 3 is 2.27 bits per heavy atom. The lowest BCUT2D eigenvalue weighted by Gasteiger charge is -2.46. The number of nitrogens with zero attached hydrogens (tertiary/aromatic N) is 3. The number of amides is 1. The standard InChI is InChI=1S/C14H19N4O4P.C12H17F3N2/c1-3-21-23(20,22-4-2)11-7-5-10(6-8-11)17-14-12(13(15)19)9-16-18-14;13-12(14,15)10-7-17(8-10)11-3-1-9(2-4-11)5-6-16/h5-9H,3-4H2,1-2H3,(H2,15,19)(H2,16,17,18);9-11H,1-5,7-8H2. The second kappa shape index (κ2) is 14.1. The first-order valence-electron chi connectivity index (χ1n) is 13.3. The molecule has 0 radical (unpaired) electrons. The molecule has 0 bridgehead atoms. The summed E-state index contributed by atoms with van der Waals surface area (Å²) in [6.07, 6.45) is 1.81. The lowest BCUT2D eigenvalue weighted by Crippen LogP contribution is -2.57. The van der Waals surface area contributed by atoms with Crippen LogP contribution in [-0.4, -0.2) is 59.5 Å². The number of halogens is 3. The Hall–Kier alpha value is -2.91. The van der Waals surface area contributed by atoms with Gasteiger partial charge < -0.3 is 20.1 Å². The zero-order valence-electron chi connectivity index (χ0n) is 22.6. The zero-order valence-corrected chi connectivity index (χ0v) is 23.5. The number of anilines is 2. The van der Waals surface area contributed by atoms with E-state index in [0.717, 1.165) is 25.7 Å². The smallest absolute Gasteiger partial charge is 0.365 e. The summed E-state index contributed by atoms with van der Waals surface area (Å²) < 4.78 is 60.2. The highest BCUT2D eigenvalue weighted by molar-refractivity contribution is 7.62. The lowest BCUT2D eigenvalue weighted by molar-refractivity contribution is -0.215. The Labute approximate surface area is 231 Å². The molecule has 2 aromatic rings. The van der Waals surface area contributed by atoms with Crippen LogP contribution < -0.4 is 16.4 Å². The molecule has 10 nitrogen and oxygen atoms in total.